The molecule has 1 amide bonds. The molecule has 1 rings (SSSR count). The number of ketones is 1. The first-order valence-electron chi connectivity index (χ1n) is 10.8. The molecule has 0 saturated carbocycles. The van der Waals surface area contributed by atoms with E-state index in [-0.39, 0.29) is 24.3 Å². The van der Waals surface area contributed by atoms with Crippen LogP contribution in [0.5, 0.6) is 0 Å². The molecule has 6 heteroatoms. The number of aliphatic hydroxyl groups is 1. The lowest BCUT2D eigenvalue weighted by molar-refractivity contribution is -0.132. The zero-order valence-electron chi connectivity index (χ0n) is 18.5. The van der Waals surface area contributed by atoms with Gasteiger partial charge in [-0.2, -0.15) is 0 Å². The molecule has 2 N–H and O–H groups in total. The molecular formula is C23H39NO5. The molecular weight excluding hydrogens is 370 g/mol. The number of amides is 1. The van der Waals surface area contributed by atoms with E-state index in [1.807, 2.05) is 6.08 Å². The summed E-state index contributed by atoms with van der Waals surface area (Å²) >= 11 is 0. The van der Waals surface area contributed by atoms with Gasteiger partial charge in [0.05, 0.1) is 24.2 Å². The van der Waals surface area contributed by atoms with Crippen molar-refractivity contribution in [3.63, 3.8) is 0 Å². The molecule has 4 atom stereocenters. The number of methoxy groups -OCH3 is 2. The molecule has 0 aromatic carbocycles. The Kier molecular flexibility index (Phi) is 12.7. The number of carbonyl (C=O) groups is 2. The minimum absolute atomic E-state index is 0.0899. The summed E-state index contributed by atoms with van der Waals surface area (Å²) in [4.78, 5) is 24.5. The number of rotatable bonds is 14. The molecule has 29 heavy (non-hydrogen) atoms. The van der Waals surface area contributed by atoms with Gasteiger partial charge < -0.3 is 19.9 Å². The van der Waals surface area contributed by atoms with Gasteiger partial charge in [0.1, 0.15) is 0 Å². The van der Waals surface area contributed by atoms with Gasteiger partial charge in [-0.15, -0.1) is 0 Å². The highest BCUT2D eigenvalue weighted by molar-refractivity contribution is 5.98. The van der Waals surface area contributed by atoms with Gasteiger partial charge in [0.25, 0.3) is 0 Å². The Bertz CT molecular complexity index is 557. The van der Waals surface area contributed by atoms with E-state index in [0.29, 0.717) is 24.8 Å². The second-order valence-electron chi connectivity index (χ2n) is 7.76. The zero-order chi connectivity index (χ0) is 21.6. The maximum absolute atomic E-state index is 12.3. The van der Waals surface area contributed by atoms with Gasteiger partial charge in [-0.25, -0.2) is 0 Å². The van der Waals surface area contributed by atoms with Crippen LogP contribution in [0.2, 0.25) is 0 Å². The first-order valence-corrected chi connectivity index (χ1v) is 10.8. The first-order chi connectivity index (χ1) is 13.9. The van der Waals surface area contributed by atoms with Crippen LogP contribution >= 0.6 is 0 Å². The molecule has 0 unspecified atom stereocenters. The number of ether oxygens (including phenoxy) is 2. The Morgan fingerprint density at radius 2 is 2.07 bits per heavy atom. The molecule has 0 aromatic heterocycles. The van der Waals surface area contributed by atoms with Crippen molar-refractivity contribution in [2.75, 3.05) is 20.8 Å². The van der Waals surface area contributed by atoms with Crippen LogP contribution in [-0.4, -0.2) is 55.9 Å². The summed E-state index contributed by atoms with van der Waals surface area (Å²) in [5.74, 6) is -0.837. The Hall–Kier alpha value is -1.50. The maximum atomic E-state index is 12.3. The van der Waals surface area contributed by atoms with Gasteiger partial charge in [0.15, 0.2) is 5.78 Å². The van der Waals surface area contributed by atoms with E-state index < -0.39 is 18.1 Å². The number of unbranched alkanes of at least 4 members (excludes halogenated alkanes) is 2. The normalized spacial score (nSPS) is 21.8. The summed E-state index contributed by atoms with van der Waals surface area (Å²) in [6.07, 6.45) is 11.8. The molecule has 166 valence electrons. The second kappa shape index (κ2) is 14.5. The van der Waals surface area contributed by atoms with E-state index in [2.05, 4.69) is 18.3 Å². The molecule has 0 bridgehead atoms. The largest absolute Gasteiger partial charge is 0.392 e. The van der Waals surface area contributed by atoms with E-state index in [9.17, 15) is 14.7 Å². The van der Waals surface area contributed by atoms with Crippen LogP contribution in [0.15, 0.2) is 23.8 Å². The summed E-state index contributed by atoms with van der Waals surface area (Å²) in [5, 5.41) is 13.0. The van der Waals surface area contributed by atoms with E-state index in [0.717, 1.165) is 12.8 Å². The summed E-state index contributed by atoms with van der Waals surface area (Å²) < 4.78 is 10.9. The fraction of sp³-hybridized carbons (Fsp3) is 0.739. The fourth-order valence-electron chi connectivity index (χ4n) is 3.59. The Labute approximate surface area is 175 Å². The number of carbonyl (C=O) groups excluding carboxylic acids is 2. The predicted octanol–water partition coefficient (Wildman–Crippen LogP) is 3.34. The van der Waals surface area contributed by atoms with Gasteiger partial charge >= 0.3 is 0 Å². The van der Waals surface area contributed by atoms with Crippen LogP contribution in [0.4, 0.5) is 0 Å². The summed E-state index contributed by atoms with van der Waals surface area (Å²) in [6.45, 7) is 4.15. The first kappa shape index (κ1) is 25.5. The molecule has 6 nitrogen and oxygen atoms in total. The average Bonchev–Trinajstić information content (AvgIpc) is 2.71. The van der Waals surface area contributed by atoms with E-state index >= 15 is 0 Å². The third-order valence-corrected chi connectivity index (χ3v) is 5.54. The van der Waals surface area contributed by atoms with Crippen LogP contribution in [0.25, 0.3) is 0 Å². The highest BCUT2D eigenvalue weighted by Gasteiger charge is 2.37. The van der Waals surface area contributed by atoms with Gasteiger partial charge in [-0.05, 0) is 38.2 Å². The summed E-state index contributed by atoms with van der Waals surface area (Å²) in [5.41, 5.74) is 0.642. The smallest absolute Gasteiger partial charge is 0.220 e. The van der Waals surface area contributed by atoms with Gasteiger partial charge in [-0.3, -0.25) is 9.59 Å². The number of aliphatic hydroxyl groups excluding tert-OH is 1. The molecule has 0 radical (unpaired) electrons. The quantitative estimate of drug-likeness (QED) is 0.340. The molecule has 0 aliphatic heterocycles. The van der Waals surface area contributed by atoms with Crippen molar-refractivity contribution in [3.05, 3.63) is 23.8 Å². The van der Waals surface area contributed by atoms with Gasteiger partial charge in [-0.1, -0.05) is 44.4 Å². The van der Waals surface area contributed by atoms with Crippen LogP contribution in [0.1, 0.15) is 65.2 Å². The number of allylic oxidation sites excluding steroid dienone is 2. The zero-order valence-corrected chi connectivity index (χ0v) is 18.5. The minimum Gasteiger partial charge on any atom is -0.392 e. The molecule has 1 aliphatic rings. The number of hydrogen-bond donors (Lipinski definition) is 2. The van der Waals surface area contributed by atoms with Crippen LogP contribution in [-0.2, 0) is 19.1 Å². The van der Waals surface area contributed by atoms with Crippen LogP contribution < -0.4 is 5.32 Å². The molecule has 0 fully saturated rings. The van der Waals surface area contributed by atoms with Gasteiger partial charge in [0.2, 0.25) is 5.91 Å². The SMILES string of the molecule is CCCCC[C@@H](C/C=C/CCC(=O)NC[C@@H](OC)[C@@H]1C(=O)C(C)=CC[C@H]1O)OC. The second-order valence-corrected chi connectivity index (χ2v) is 7.76. The molecule has 0 heterocycles. The van der Waals surface area contributed by atoms with Crippen LogP contribution in [0.3, 0.4) is 0 Å². The number of nitrogens with one attached hydrogen (secondary N) is 1. The monoisotopic (exact) mass is 409 g/mol. The van der Waals surface area contributed by atoms with Crippen LogP contribution in [0, 0.1) is 5.92 Å². The lowest BCUT2D eigenvalue weighted by Crippen LogP contribution is -2.47. The fourth-order valence-corrected chi connectivity index (χ4v) is 3.59. The molecule has 0 aromatic rings. The highest BCUT2D eigenvalue weighted by atomic mass is 16.5. The summed E-state index contributed by atoms with van der Waals surface area (Å²) in [6, 6.07) is 0. The third-order valence-electron chi connectivity index (χ3n) is 5.54. The number of hydrogen-bond acceptors (Lipinski definition) is 5. The predicted molar refractivity (Wildman–Crippen MR) is 115 cm³/mol. The van der Waals surface area contributed by atoms with Crippen molar-refractivity contribution in [1.82, 2.24) is 5.32 Å². The lowest BCUT2D eigenvalue weighted by Gasteiger charge is -2.31. The van der Waals surface area contributed by atoms with Crippen molar-refractivity contribution >= 4 is 11.7 Å². The summed E-state index contributed by atoms with van der Waals surface area (Å²) in [7, 11) is 3.25. The van der Waals surface area contributed by atoms with E-state index in [1.54, 1.807) is 20.1 Å². The van der Waals surface area contributed by atoms with Crippen molar-refractivity contribution in [3.8, 4) is 0 Å². The lowest BCUT2D eigenvalue weighted by atomic mass is 9.82. The van der Waals surface area contributed by atoms with Crippen molar-refractivity contribution in [2.24, 2.45) is 5.92 Å². The topological polar surface area (TPSA) is 84.9 Å². The molecule has 0 saturated heterocycles. The highest BCUT2D eigenvalue weighted by Crippen LogP contribution is 2.25. The number of Topliss-reactive ketones (excluding diaryl/α,β-unsaturated/α-hetero) is 1. The molecule has 0 spiro atoms. The van der Waals surface area contributed by atoms with E-state index in [4.69, 9.17) is 9.47 Å². The van der Waals surface area contributed by atoms with Crippen molar-refractivity contribution in [2.45, 2.75) is 83.5 Å². The van der Waals surface area contributed by atoms with Gasteiger partial charge in [0, 0.05) is 27.2 Å². The standard InChI is InChI=1S/C23H39NO5/c1-5-6-8-11-18(28-3)12-9-7-10-13-21(26)24-16-20(29-4)22-19(25)15-14-17(2)23(22)27/h7,9,14,18-20,22,25H,5-6,8,10-13,15-16H2,1-4H3,(H,24,26)/b9-7+/t18-,19+,20+,22+/m0/s1. The Morgan fingerprint density at radius 1 is 1.31 bits per heavy atom. The van der Waals surface area contributed by atoms with Crippen molar-refractivity contribution < 1.29 is 24.2 Å². The third kappa shape index (κ3) is 9.24. The Balaban J connectivity index is 2.33. The Morgan fingerprint density at radius 3 is 2.72 bits per heavy atom. The maximum Gasteiger partial charge on any atom is 0.220 e. The van der Waals surface area contributed by atoms with E-state index in [1.165, 1.54) is 26.4 Å². The molecule has 1 aliphatic carbocycles. The minimum atomic E-state index is -0.776. The van der Waals surface area contributed by atoms with Crippen molar-refractivity contribution in [1.29, 1.82) is 0 Å². The average molecular weight is 410 g/mol.